The van der Waals surface area contributed by atoms with Gasteiger partial charge in [-0.2, -0.15) is 0 Å². The van der Waals surface area contributed by atoms with Crippen molar-refractivity contribution in [2.24, 2.45) is 46.3 Å². The van der Waals surface area contributed by atoms with E-state index >= 15 is 0 Å². The van der Waals surface area contributed by atoms with E-state index in [1.807, 2.05) is 0 Å². The highest BCUT2D eigenvalue weighted by molar-refractivity contribution is 5.92. The Kier molecular flexibility index (Phi) is 7.07. The van der Waals surface area contributed by atoms with Crippen molar-refractivity contribution in [3.8, 4) is 0 Å². The molecule has 4 nitrogen and oxygen atoms in total. The van der Waals surface area contributed by atoms with Gasteiger partial charge in [-0.05, 0) is 97.7 Å². The number of hydrogen-bond donors (Lipinski definition) is 2. The standard InChI is InChI=1S/C31H48N2O2/c1-20(18-28(35)29-32-16-17-33-29)6-5-7-21(2)25-10-11-26-24-9-8-22-19-23(34)12-14-30(22,3)27(24)13-15-31(25,26)4/h8,16-17,20-21,23-27,34H,5-7,9-15,18-19H2,1-4H3,(H,32,33)/t20?,21?,23-,24-,25+,26-,27-,30-,31+/m0/s1. The second-order valence-electron chi connectivity index (χ2n) is 13.5. The SMILES string of the molecule is CC(CCCC(C)[C@H]1CC[C@H]2[C@@H]3CC=C4C[C@@H](O)CC[C@]4(C)[C@H]3CC[C@]12C)CC(=O)c1ncc[nH]1. The van der Waals surface area contributed by atoms with Gasteiger partial charge in [-0.3, -0.25) is 4.79 Å². The average Bonchev–Trinajstić information content (AvgIpc) is 3.47. The summed E-state index contributed by atoms with van der Waals surface area (Å²) in [5.41, 5.74) is 2.43. The molecule has 1 heterocycles. The van der Waals surface area contributed by atoms with Gasteiger partial charge in [0.2, 0.25) is 0 Å². The highest BCUT2D eigenvalue weighted by atomic mass is 16.3. The van der Waals surface area contributed by atoms with E-state index in [2.05, 4.69) is 43.7 Å². The van der Waals surface area contributed by atoms with Crippen LogP contribution < -0.4 is 0 Å². The second kappa shape index (κ2) is 9.80. The minimum atomic E-state index is -0.109. The van der Waals surface area contributed by atoms with Gasteiger partial charge in [0.25, 0.3) is 0 Å². The van der Waals surface area contributed by atoms with Gasteiger partial charge in [0.1, 0.15) is 0 Å². The summed E-state index contributed by atoms with van der Waals surface area (Å²) in [6.45, 7) is 9.93. The van der Waals surface area contributed by atoms with E-state index < -0.39 is 0 Å². The molecule has 9 atom stereocenters. The number of ketones is 1. The molecule has 0 amide bonds. The Balaban J connectivity index is 1.17. The Morgan fingerprint density at radius 2 is 1.97 bits per heavy atom. The number of H-pyrrole nitrogens is 1. The van der Waals surface area contributed by atoms with Crippen LogP contribution in [0.3, 0.4) is 0 Å². The van der Waals surface area contributed by atoms with Crippen LogP contribution in [-0.4, -0.2) is 27.0 Å². The molecule has 4 heteroatoms. The van der Waals surface area contributed by atoms with Gasteiger partial charge in [-0.15, -0.1) is 0 Å². The van der Waals surface area contributed by atoms with Crippen molar-refractivity contribution in [2.45, 2.75) is 111 Å². The lowest BCUT2D eigenvalue weighted by Crippen LogP contribution is -2.50. The van der Waals surface area contributed by atoms with Gasteiger partial charge >= 0.3 is 0 Å². The molecule has 4 aliphatic carbocycles. The van der Waals surface area contributed by atoms with Crippen molar-refractivity contribution in [1.29, 1.82) is 0 Å². The molecule has 2 unspecified atom stereocenters. The minimum absolute atomic E-state index is 0.109. The third-order valence-electron chi connectivity index (χ3n) is 11.5. The zero-order valence-corrected chi connectivity index (χ0v) is 22.6. The maximum atomic E-state index is 12.4. The van der Waals surface area contributed by atoms with E-state index in [1.54, 1.807) is 18.0 Å². The maximum absolute atomic E-state index is 12.4. The van der Waals surface area contributed by atoms with Crippen LogP contribution in [0.1, 0.15) is 115 Å². The van der Waals surface area contributed by atoms with Crippen molar-refractivity contribution < 1.29 is 9.90 Å². The van der Waals surface area contributed by atoms with E-state index in [-0.39, 0.29) is 11.9 Å². The number of aromatic nitrogens is 2. The Morgan fingerprint density at radius 1 is 1.14 bits per heavy atom. The lowest BCUT2D eigenvalue weighted by molar-refractivity contribution is -0.0573. The minimum Gasteiger partial charge on any atom is -0.393 e. The largest absolute Gasteiger partial charge is 0.393 e. The summed E-state index contributed by atoms with van der Waals surface area (Å²) >= 11 is 0. The summed E-state index contributed by atoms with van der Waals surface area (Å²) in [4.78, 5) is 19.4. The highest BCUT2D eigenvalue weighted by Gasteiger charge is 2.59. The van der Waals surface area contributed by atoms with Gasteiger partial charge < -0.3 is 10.1 Å². The Labute approximate surface area is 212 Å². The third kappa shape index (κ3) is 4.58. The molecule has 35 heavy (non-hydrogen) atoms. The summed E-state index contributed by atoms with van der Waals surface area (Å²) in [6, 6.07) is 0. The molecule has 0 saturated heterocycles. The number of carbonyl (C=O) groups is 1. The zero-order chi connectivity index (χ0) is 24.8. The van der Waals surface area contributed by atoms with Crippen molar-refractivity contribution in [3.63, 3.8) is 0 Å². The maximum Gasteiger partial charge on any atom is 0.198 e. The van der Waals surface area contributed by atoms with E-state index in [4.69, 9.17) is 0 Å². The number of hydrogen-bond acceptors (Lipinski definition) is 3. The number of Topliss-reactive ketones (excluding diaryl/α,β-unsaturated/α-hetero) is 1. The van der Waals surface area contributed by atoms with Crippen LogP contribution in [-0.2, 0) is 0 Å². The van der Waals surface area contributed by atoms with Crippen molar-refractivity contribution in [3.05, 3.63) is 29.9 Å². The van der Waals surface area contributed by atoms with Gasteiger partial charge in [0, 0.05) is 18.8 Å². The fourth-order valence-electron chi connectivity index (χ4n) is 9.54. The van der Waals surface area contributed by atoms with E-state index in [9.17, 15) is 9.90 Å². The van der Waals surface area contributed by atoms with Crippen LogP contribution in [0.4, 0.5) is 0 Å². The van der Waals surface area contributed by atoms with Crippen LogP contribution in [0.15, 0.2) is 24.0 Å². The molecule has 5 rings (SSSR count). The van der Waals surface area contributed by atoms with Gasteiger partial charge in [-0.1, -0.05) is 58.6 Å². The number of nitrogens with zero attached hydrogens (tertiary/aromatic N) is 1. The number of nitrogens with one attached hydrogen (secondary N) is 1. The number of aliphatic hydroxyl groups is 1. The molecule has 3 saturated carbocycles. The first-order valence-corrected chi connectivity index (χ1v) is 14.6. The molecular formula is C31H48N2O2. The number of fused-ring (bicyclic) bond motifs is 5. The lowest BCUT2D eigenvalue weighted by Gasteiger charge is -2.58. The predicted molar refractivity (Wildman–Crippen MR) is 141 cm³/mol. The van der Waals surface area contributed by atoms with Crippen LogP contribution in [0.25, 0.3) is 0 Å². The van der Waals surface area contributed by atoms with E-state index in [0.717, 1.165) is 48.9 Å². The number of aliphatic hydroxyl groups excluding tert-OH is 1. The average molecular weight is 481 g/mol. The normalized spacial score (nSPS) is 40.3. The summed E-state index contributed by atoms with van der Waals surface area (Å²) in [5.74, 6) is 5.24. The predicted octanol–water partition coefficient (Wildman–Crippen LogP) is 7.36. The third-order valence-corrected chi connectivity index (χ3v) is 11.5. The zero-order valence-electron chi connectivity index (χ0n) is 22.6. The second-order valence-corrected chi connectivity index (χ2v) is 13.5. The Hall–Kier alpha value is -1.42. The molecule has 1 aromatic heterocycles. The van der Waals surface area contributed by atoms with Crippen LogP contribution in [0.5, 0.6) is 0 Å². The van der Waals surface area contributed by atoms with Crippen LogP contribution >= 0.6 is 0 Å². The van der Waals surface area contributed by atoms with Crippen molar-refractivity contribution in [1.82, 2.24) is 9.97 Å². The smallest absolute Gasteiger partial charge is 0.198 e. The molecule has 0 spiro atoms. The number of rotatable bonds is 8. The molecule has 0 radical (unpaired) electrons. The van der Waals surface area contributed by atoms with E-state index in [0.29, 0.717) is 29.0 Å². The van der Waals surface area contributed by atoms with Gasteiger partial charge in [-0.25, -0.2) is 4.98 Å². The van der Waals surface area contributed by atoms with Gasteiger partial charge in [0.05, 0.1) is 6.10 Å². The first-order valence-electron chi connectivity index (χ1n) is 14.6. The van der Waals surface area contributed by atoms with Crippen LogP contribution in [0, 0.1) is 46.3 Å². The fraction of sp³-hybridized carbons (Fsp3) is 0.806. The van der Waals surface area contributed by atoms with E-state index in [1.165, 1.54) is 51.4 Å². The summed E-state index contributed by atoms with van der Waals surface area (Å²) in [7, 11) is 0. The topological polar surface area (TPSA) is 66.0 Å². The molecule has 0 aromatic carbocycles. The lowest BCUT2D eigenvalue weighted by atomic mass is 9.47. The Bertz CT molecular complexity index is 922. The monoisotopic (exact) mass is 480 g/mol. The quantitative estimate of drug-likeness (QED) is 0.302. The number of carbonyl (C=O) groups excluding carboxylic acids is 1. The summed E-state index contributed by atoms with van der Waals surface area (Å²) in [5, 5.41) is 10.3. The number of allylic oxidation sites excluding steroid dienone is 1. The molecule has 0 aliphatic heterocycles. The molecular weight excluding hydrogens is 432 g/mol. The van der Waals surface area contributed by atoms with Crippen molar-refractivity contribution >= 4 is 5.78 Å². The first kappa shape index (κ1) is 25.2. The molecule has 3 fully saturated rings. The molecule has 2 N–H and O–H groups in total. The fourth-order valence-corrected chi connectivity index (χ4v) is 9.54. The Morgan fingerprint density at radius 3 is 2.74 bits per heavy atom. The highest BCUT2D eigenvalue weighted by Crippen LogP contribution is 2.67. The van der Waals surface area contributed by atoms with Crippen LogP contribution in [0.2, 0.25) is 0 Å². The number of aromatic amines is 1. The van der Waals surface area contributed by atoms with Crippen molar-refractivity contribution in [2.75, 3.05) is 0 Å². The van der Waals surface area contributed by atoms with Gasteiger partial charge in [0.15, 0.2) is 11.6 Å². The first-order chi connectivity index (χ1) is 16.7. The molecule has 194 valence electrons. The number of imidazole rings is 1. The summed E-state index contributed by atoms with van der Waals surface area (Å²) < 4.78 is 0. The molecule has 1 aromatic rings. The summed E-state index contributed by atoms with van der Waals surface area (Å²) in [6.07, 6.45) is 20.0. The molecule has 4 aliphatic rings. The molecule has 0 bridgehead atoms.